The molecule has 0 aromatic carbocycles. The van der Waals surface area contributed by atoms with Gasteiger partial charge in [-0.3, -0.25) is 10.1 Å². The van der Waals surface area contributed by atoms with Crippen molar-refractivity contribution in [1.29, 1.82) is 0 Å². The smallest absolute Gasteiger partial charge is 0.327 e. The fraction of sp³-hybridized carbons (Fsp3) is 0.944. The van der Waals surface area contributed by atoms with Crippen molar-refractivity contribution in [1.82, 2.24) is 0 Å². The molecule has 2 saturated carbocycles. The summed E-state index contributed by atoms with van der Waals surface area (Å²) in [5.74, 6) is -1.62. The maximum absolute atomic E-state index is 10.2. The van der Waals surface area contributed by atoms with Crippen molar-refractivity contribution >= 4 is 5.97 Å². The number of carbonyl (C=O) groups excluding carboxylic acids is 1. The van der Waals surface area contributed by atoms with Gasteiger partial charge in [-0.2, -0.15) is 0 Å². The van der Waals surface area contributed by atoms with E-state index in [9.17, 15) is 20.0 Å². The Balaban J connectivity index is 0.000000252. The number of hydrogen-bond acceptors (Lipinski definition) is 5. The molecule has 0 amide bonds. The van der Waals surface area contributed by atoms with Gasteiger partial charge in [0.15, 0.2) is 0 Å². The Morgan fingerprint density at radius 3 is 1.84 bits per heavy atom. The molecule has 0 unspecified atom stereocenters. The van der Waals surface area contributed by atoms with Crippen molar-refractivity contribution in [3.8, 4) is 0 Å². The molecule has 0 spiro atoms. The predicted molar refractivity (Wildman–Crippen MR) is 92.1 cm³/mol. The molecular formula is C18H34N2O5. The zero-order valence-corrected chi connectivity index (χ0v) is 15.5. The van der Waals surface area contributed by atoms with E-state index in [1.54, 1.807) is 6.92 Å². The van der Waals surface area contributed by atoms with E-state index in [1.807, 2.05) is 0 Å². The molecule has 146 valence electrons. The summed E-state index contributed by atoms with van der Waals surface area (Å²) in [5.41, 5.74) is -2.37. The maximum Gasteiger partial charge on any atom is 0.327 e. The highest BCUT2D eigenvalue weighted by Crippen LogP contribution is 2.18. The van der Waals surface area contributed by atoms with Crippen LogP contribution in [0.4, 0.5) is 0 Å². The van der Waals surface area contributed by atoms with Crippen molar-refractivity contribution < 1.29 is 25.2 Å². The summed E-state index contributed by atoms with van der Waals surface area (Å²) in [7, 11) is 0. The Bertz CT molecular complexity index is 390. The molecule has 25 heavy (non-hydrogen) atoms. The second-order valence-corrected chi connectivity index (χ2v) is 7.53. The van der Waals surface area contributed by atoms with Gasteiger partial charge in [-0.25, -0.2) is 0 Å². The van der Waals surface area contributed by atoms with Gasteiger partial charge in [-0.15, -0.1) is 0 Å². The van der Waals surface area contributed by atoms with E-state index in [1.165, 1.54) is 64.2 Å². The Kier molecular flexibility index (Phi) is 9.97. The lowest BCUT2D eigenvalue weighted by Gasteiger charge is -2.27. The van der Waals surface area contributed by atoms with E-state index in [0.717, 1.165) is 12.1 Å². The predicted octanol–water partition coefficient (Wildman–Crippen LogP) is 1.11. The molecule has 7 nitrogen and oxygen atoms in total. The zero-order valence-electron chi connectivity index (χ0n) is 15.5. The number of carbonyl (C=O) groups is 1. The Hall–Kier alpha value is -1.21. The monoisotopic (exact) mass is 358 g/mol. The van der Waals surface area contributed by atoms with E-state index >= 15 is 0 Å². The van der Waals surface area contributed by atoms with Crippen LogP contribution in [0.2, 0.25) is 0 Å². The Morgan fingerprint density at radius 2 is 1.52 bits per heavy atom. The number of quaternary nitrogens is 1. The summed E-state index contributed by atoms with van der Waals surface area (Å²) in [5, 5.41) is 32.1. The summed E-state index contributed by atoms with van der Waals surface area (Å²) in [4.78, 5) is 19.2. The fourth-order valence-corrected chi connectivity index (χ4v) is 3.91. The molecule has 0 aromatic rings. The molecule has 7 heteroatoms. The molecule has 2 rings (SSSR count). The van der Waals surface area contributed by atoms with E-state index < -0.39 is 23.0 Å². The van der Waals surface area contributed by atoms with Gasteiger partial charge >= 0.3 is 5.72 Å². The first kappa shape index (κ1) is 21.8. The minimum Gasteiger partial charge on any atom is -0.550 e. The van der Waals surface area contributed by atoms with Crippen LogP contribution in [-0.4, -0.2) is 33.8 Å². The van der Waals surface area contributed by atoms with Crippen molar-refractivity contribution in [3.05, 3.63) is 10.1 Å². The number of hydrogen-bond donors (Lipinski definition) is 2. The molecule has 2 aliphatic carbocycles. The number of aliphatic hydroxyl groups is 1. The van der Waals surface area contributed by atoms with Crippen LogP contribution < -0.4 is 10.4 Å². The third-order valence-corrected chi connectivity index (χ3v) is 5.26. The molecule has 0 heterocycles. The number of aliphatic carboxylic acids is 1. The van der Waals surface area contributed by atoms with Gasteiger partial charge in [-0.1, -0.05) is 19.8 Å². The molecular weight excluding hydrogens is 324 g/mol. The number of nitrogens with two attached hydrogens (primary N) is 1. The van der Waals surface area contributed by atoms with Gasteiger partial charge in [0.1, 0.15) is 0 Å². The fourth-order valence-electron chi connectivity index (χ4n) is 3.91. The average molecular weight is 358 g/mol. The quantitative estimate of drug-likeness (QED) is 0.401. The van der Waals surface area contributed by atoms with Crippen LogP contribution in [0.25, 0.3) is 0 Å². The minimum atomic E-state index is -2.37. The van der Waals surface area contributed by atoms with E-state index in [2.05, 4.69) is 5.32 Å². The average Bonchev–Trinajstić information content (AvgIpc) is 2.57. The first-order valence-electron chi connectivity index (χ1n) is 9.79. The number of nitrogens with zero attached hydrogens (tertiary/aromatic N) is 1. The van der Waals surface area contributed by atoms with Gasteiger partial charge < -0.3 is 20.3 Å². The molecule has 0 bridgehead atoms. The lowest BCUT2D eigenvalue weighted by Crippen LogP contribution is -2.95. The van der Waals surface area contributed by atoms with Crippen molar-refractivity contribution in [3.63, 3.8) is 0 Å². The van der Waals surface area contributed by atoms with Crippen LogP contribution >= 0.6 is 0 Å². The number of rotatable bonds is 7. The normalized spacial score (nSPS) is 21.7. The number of carboxylic acids is 1. The summed E-state index contributed by atoms with van der Waals surface area (Å²) < 4.78 is 0. The van der Waals surface area contributed by atoms with Gasteiger partial charge in [0.2, 0.25) is 0 Å². The van der Waals surface area contributed by atoms with Crippen LogP contribution in [0.1, 0.15) is 90.4 Å². The van der Waals surface area contributed by atoms with Gasteiger partial charge in [0, 0.05) is 6.42 Å². The van der Waals surface area contributed by atoms with Crippen LogP contribution in [0.15, 0.2) is 0 Å². The van der Waals surface area contributed by atoms with Crippen LogP contribution in [0, 0.1) is 10.1 Å². The maximum atomic E-state index is 10.2. The molecule has 2 fully saturated rings. The van der Waals surface area contributed by atoms with Crippen molar-refractivity contribution in [2.75, 3.05) is 0 Å². The Labute approximate surface area is 150 Å². The highest BCUT2D eigenvalue weighted by molar-refractivity contribution is 5.65. The highest BCUT2D eigenvalue weighted by atomic mass is 16.7. The zero-order chi connectivity index (χ0) is 18.7. The SMILES string of the molecule is C1CCC([NH2+]C2CCCCC2)CC1.CCC[C@@](O)(CC(=O)[O-])[N+](=O)[O-]. The summed E-state index contributed by atoms with van der Waals surface area (Å²) in [6.45, 7) is 1.61. The number of carboxylic acid groups (broad SMARTS) is 1. The molecule has 0 aliphatic heterocycles. The van der Waals surface area contributed by atoms with Crippen molar-refractivity contribution in [2.45, 2.75) is 108 Å². The topological polar surface area (TPSA) is 120 Å². The van der Waals surface area contributed by atoms with Crippen LogP contribution in [0.5, 0.6) is 0 Å². The second-order valence-electron chi connectivity index (χ2n) is 7.53. The first-order valence-corrected chi connectivity index (χ1v) is 9.79. The highest BCUT2D eigenvalue weighted by Gasteiger charge is 2.39. The third kappa shape index (κ3) is 8.63. The first-order chi connectivity index (χ1) is 11.9. The Morgan fingerprint density at radius 1 is 1.08 bits per heavy atom. The molecule has 0 radical (unpaired) electrons. The van der Waals surface area contributed by atoms with E-state index in [4.69, 9.17) is 5.11 Å². The lowest BCUT2D eigenvalue weighted by molar-refractivity contribution is -0.725. The van der Waals surface area contributed by atoms with Gasteiger partial charge in [-0.05, 0) is 57.8 Å². The summed E-state index contributed by atoms with van der Waals surface area (Å²) in [6.07, 6.45) is 14.1. The van der Waals surface area contributed by atoms with Gasteiger partial charge in [0.25, 0.3) is 0 Å². The van der Waals surface area contributed by atoms with Crippen LogP contribution in [-0.2, 0) is 4.79 Å². The van der Waals surface area contributed by atoms with E-state index in [0.29, 0.717) is 6.42 Å². The second kappa shape index (κ2) is 11.4. The molecule has 1 atom stereocenters. The standard InChI is InChI=1S/C12H23N.C6H11NO5/c1-3-7-11(8-4-1)13-12-9-5-2-6-10-12;1-2-3-6(10,7(11)12)4-5(8)9/h11-13H,1-10H2;10H,2-4H2,1H3,(H,8,9)/t;6-/m.1/s1. The molecule has 2 aliphatic rings. The third-order valence-electron chi connectivity index (χ3n) is 5.26. The molecule has 0 aromatic heterocycles. The summed E-state index contributed by atoms with van der Waals surface area (Å²) >= 11 is 0. The largest absolute Gasteiger partial charge is 0.550 e. The van der Waals surface area contributed by atoms with E-state index in [-0.39, 0.29) is 6.42 Å². The minimum absolute atomic E-state index is 0.187. The molecule has 0 saturated heterocycles. The number of nitro groups is 1. The van der Waals surface area contributed by atoms with Crippen LogP contribution in [0.3, 0.4) is 0 Å². The molecule has 3 N–H and O–H groups in total. The van der Waals surface area contributed by atoms with Gasteiger partial charge in [0.05, 0.1) is 29.4 Å². The lowest BCUT2D eigenvalue weighted by atomic mass is 9.91. The van der Waals surface area contributed by atoms with Crippen molar-refractivity contribution in [2.24, 2.45) is 0 Å². The summed E-state index contributed by atoms with van der Waals surface area (Å²) in [6, 6.07) is 1.99.